The Morgan fingerprint density at radius 2 is 1.71 bits per heavy atom. The topological polar surface area (TPSA) is 75.7 Å². The number of nitrogens with zero attached hydrogens (tertiary/aromatic N) is 1. The first-order valence-electron chi connectivity index (χ1n) is 10.3. The number of halogens is 3. The zero-order chi connectivity index (χ0) is 24.9. The van der Waals surface area contributed by atoms with Crippen LogP contribution in [0.1, 0.15) is 11.1 Å². The van der Waals surface area contributed by atoms with E-state index in [0.29, 0.717) is 34.7 Å². The molecule has 10 heteroatoms. The SMILES string of the molecule is O=C(CN1C(=O)S/C(=C/c2ccc(OCc3ccccc3F)cc2)C1=O)Nc1ccc(F)cc1F. The summed E-state index contributed by atoms with van der Waals surface area (Å²) in [6.07, 6.45) is 1.49. The van der Waals surface area contributed by atoms with Crippen LogP contribution in [0.5, 0.6) is 5.75 Å². The van der Waals surface area contributed by atoms with Gasteiger partial charge < -0.3 is 10.1 Å². The average Bonchev–Trinajstić information content (AvgIpc) is 3.08. The van der Waals surface area contributed by atoms with E-state index in [1.165, 1.54) is 12.1 Å². The van der Waals surface area contributed by atoms with E-state index in [1.54, 1.807) is 42.5 Å². The van der Waals surface area contributed by atoms with Crippen LogP contribution in [0.25, 0.3) is 6.08 Å². The minimum Gasteiger partial charge on any atom is -0.489 e. The molecule has 178 valence electrons. The van der Waals surface area contributed by atoms with E-state index < -0.39 is 35.2 Å². The fraction of sp³-hybridized carbons (Fsp3) is 0.0800. The monoisotopic (exact) mass is 498 g/mol. The van der Waals surface area contributed by atoms with Crippen molar-refractivity contribution in [3.8, 4) is 5.75 Å². The first kappa shape index (κ1) is 24.1. The highest BCUT2D eigenvalue weighted by Gasteiger charge is 2.36. The molecule has 35 heavy (non-hydrogen) atoms. The molecule has 0 spiro atoms. The van der Waals surface area contributed by atoms with Crippen molar-refractivity contribution < 1.29 is 32.3 Å². The number of rotatable bonds is 7. The highest BCUT2D eigenvalue weighted by molar-refractivity contribution is 8.18. The van der Waals surface area contributed by atoms with E-state index in [2.05, 4.69) is 5.32 Å². The fourth-order valence-corrected chi connectivity index (χ4v) is 3.99. The van der Waals surface area contributed by atoms with Crippen LogP contribution in [-0.2, 0) is 16.2 Å². The summed E-state index contributed by atoms with van der Waals surface area (Å²) in [7, 11) is 0. The highest BCUT2D eigenvalue weighted by Crippen LogP contribution is 2.32. The van der Waals surface area contributed by atoms with E-state index >= 15 is 0 Å². The Morgan fingerprint density at radius 3 is 2.43 bits per heavy atom. The molecule has 0 aliphatic carbocycles. The zero-order valence-corrected chi connectivity index (χ0v) is 18.8. The summed E-state index contributed by atoms with van der Waals surface area (Å²) >= 11 is 0.665. The number of ether oxygens (including phenoxy) is 1. The second kappa shape index (κ2) is 10.5. The van der Waals surface area contributed by atoms with Gasteiger partial charge in [-0.3, -0.25) is 19.3 Å². The second-order valence-electron chi connectivity index (χ2n) is 7.39. The predicted octanol–water partition coefficient (Wildman–Crippen LogP) is 5.36. The molecule has 1 aliphatic heterocycles. The number of thioether (sulfide) groups is 1. The van der Waals surface area contributed by atoms with Gasteiger partial charge in [-0.05, 0) is 53.7 Å². The number of carbonyl (C=O) groups is 3. The molecule has 1 N–H and O–H groups in total. The first-order valence-corrected chi connectivity index (χ1v) is 11.1. The van der Waals surface area contributed by atoms with Crippen LogP contribution in [0.4, 0.5) is 23.7 Å². The lowest BCUT2D eigenvalue weighted by Gasteiger charge is -2.12. The van der Waals surface area contributed by atoms with Crippen LogP contribution >= 0.6 is 11.8 Å². The number of hydrogen-bond acceptors (Lipinski definition) is 5. The van der Waals surface area contributed by atoms with Gasteiger partial charge in [0.25, 0.3) is 11.1 Å². The molecule has 0 atom stereocenters. The smallest absolute Gasteiger partial charge is 0.294 e. The van der Waals surface area contributed by atoms with Crippen LogP contribution < -0.4 is 10.1 Å². The Kier molecular flexibility index (Phi) is 7.21. The van der Waals surface area contributed by atoms with Crippen molar-refractivity contribution in [2.45, 2.75) is 6.61 Å². The van der Waals surface area contributed by atoms with E-state index in [4.69, 9.17) is 4.74 Å². The van der Waals surface area contributed by atoms with Crippen LogP contribution in [0.15, 0.2) is 71.6 Å². The summed E-state index contributed by atoms with van der Waals surface area (Å²) in [5.74, 6) is -3.14. The molecule has 1 saturated heterocycles. The van der Waals surface area contributed by atoms with Crippen molar-refractivity contribution in [2.24, 2.45) is 0 Å². The maximum absolute atomic E-state index is 13.7. The molecular weight excluding hydrogens is 481 g/mol. The average molecular weight is 498 g/mol. The van der Waals surface area contributed by atoms with Crippen molar-refractivity contribution in [1.29, 1.82) is 0 Å². The first-order chi connectivity index (χ1) is 16.8. The standard InChI is InChI=1S/C25H17F3N2O4S/c26-17-7-10-21(20(28)12-17)29-23(31)13-30-24(32)22(35-25(30)33)11-15-5-8-18(9-6-15)34-14-16-3-1-2-4-19(16)27/h1-12H,13-14H2,(H,29,31)/b22-11+. The summed E-state index contributed by atoms with van der Waals surface area (Å²) in [5, 5.41) is 1.56. The molecule has 3 aromatic carbocycles. The summed E-state index contributed by atoms with van der Waals surface area (Å²) in [5.41, 5.74) is 0.749. The Bertz CT molecular complexity index is 1330. The highest BCUT2D eigenvalue weighted by atomic mass is 32.2. The molecule has 0 saturated carbocycles. The fourth-order valence-electron chi connectivity index (χ4n) is 3.15. The number of imide groups is 1. The molecule has 3 aromatic rings. The van der Waals surface area contributed by atoms with Crippen LogP contribution in [-0.4, -0.2) is 28.5 Å². The Labute approximate surface area is 202 Å². The molecule has 6 nitrogen and oxygen atoms in total. The number of anilines is 1. The molecule has 4 rings (SSSR count). The van der Waals surface area contributed by atoms with Gasteiger partial charge in [0.2, 0.25) is 5.91 Å². The lowest BCUT2D eigenvalue weighted by Crippen LogP contribution is -2.36. The molecule has 0 bridgehead atoms. The van der Waals surface area contributed by atoms with Gasteiger partial charge in [0.1, 0.15) is 36.4 Å². The maximum atomic E-state index is 13.7. The van der Waals surface area contributed by atoms with Crippen molar-refractivity contribution in [1.82, 2.24) is 4.90 Å². The van der Waals surface area contributed by atoms with E-state index in [1.807, 2.05) is 0 Å². The van der Waals surface area contributed by atoms with Crippen molar-refractivity contribution in [3.05, 3.63) is 100 Å². The molecular formula is C25H17F3N2O4S. The summed E-state index contributed by atoms with van der Waals surface area (Å²) in [6.45, 7) is -0.573. The lowest BCUT2D eigenvalue weighted by molar-refractivity contribution is -0.127. The molecule has 1 aliphatic rings. The number of nitrogens with one attached hydrogen (secondary N) is 1. The predicted molar refractivity (Wildman–Crippen MR) is 125 cm³/mol. The quantitative estimate of drug-likeness (QED) is 0.444. The summed E-state index contributed by atoms with van der Waals surface area (Å²) in [6, 6.07) is 15.5. The minimum atomic E-state index is -0.978. The van der Waals surface area contributed by atoms with Gasteiger partial charge >= 0.3 is 0 Å². The molecule has 0 radical (unpaired) electrons. The molecule has 1 heterocycles. The van der Waals surface area contributed by atoms with Crippen molar-refractivity contribution >= 4 is 40.6 Å². The van der Waals surface area contributed by atoms with Gasteiger partial charge in [0.15, 0.2) is 0 Å². The Balaban J connectivity index is 1.37. The number of amides is 3. The third-order valence-corrected chi connectivity index (χ3v) is 5.82. The number of benzene rings is 3. The largest absolute Gasteiger partial charge is 0.489 e. The van der Waals surface area contributed by atoms with Crippen molar-refractivity contribution in [2.75, 3.05) is 11.9 Å². The van der Waals surface area contributed by atoms with Gasteiger partial charge in [-0.25, -0.2) is 13.2 Å². The summed E-state index contributed by atoms with van der Waals surface area (Å²) in [4.78, 5) is 37.9. The van der Waals surface area contributed by atoms with Crippen molar-refractivity contribution in [3.63, 3.8) is 0 Å². The minimum absolute atomic E-state index is 0.0504. The molecule has 0 aromatic heterocycles. The van der Waals surface area contributed by atoms with Gasteiger partial charge in [0, 0.05) is 11.6 Å². The van der Waals surface area contributed by atoms with E-state index in [0.717, 1.165) is 17.0 Å². The third-order valence-electron chi connectivity index (χ3n) is 4.91. The Morgan fingerprint density at radius 1 is 0.971 bits per heavy atom. The molecule has 0 unspecified atom stereocenters. The molecule has 1 fully saturated rings. The van der Waals surface area contributed by atoms with Gasteiger partial charge in [-0.15, -0.1) is 0 Å². The lowest BCUT2D eigenvalue weighted by atomic mass is 10.2. The van der Waals surface area contributed by atoms with Crippen LogP contribution in [0.3, 0.4) is 0 Å². The number of hydrogen-bond donors (Lipinski definition) is 1. The van der Waals surface area contributed by atoms with Gasteiger partial charge in [0.05, 0.1) is 10.6 Å². The Hall–Kier alpha value is -4.05. The van der Waals surface area contributed by atoms with Crippen LogP contribution in [0.2, 0.25) is 0 Å². The van der Waals surface area contributed by atoms with Gasteiger partial charge in [-0.1, -0.05) is 30.3 Å². The van der Waals surface area contributed by atoms with Crippen LogP contribution in [0, 0.1) is 17.5 Å². The van der Waals surface area contributed by atoms with E-state index in [9.17, 15) is 27.6 Å². The maximum Gasteiger partial charge on any atom is 0.294 e. The van der Waals surface area contributed by atoms with E-state index in [-0.39, 0.29) is 23.0 Å². The molecule has 3 amide bonds. The summed E-state index contributed by atoms with van der Waals surface area (Å²) < 4.78 is 46.0. The zero-order valence-electron chi connectivity index (χ0n) is 18.0. The third kappa shape index (κ3) is 5.90. The second-order valence-corrected chi connectivity index (χ2v) is 8.38. The van der Waals surface area contributed by atoms with Gasteiger partial charge in [-0.2, -0.15) is 0 Å². The normalized spacial score (nSPS) is 14.5. The number of carbonyl (C=O) groups excluding carboxylic acids is 3.